The van der Waals surface area contributed by atoms with Crippen molar-refractivity contribution in [3.8, 4) is 17.2 Å². The maximum atomic E-state index is 13.1. The molecule has 0 amide bonds. The third kappa shape index (κ3) is 2.46. The van der Waals surface area contributed by atoms with E-state index < -0.39 is 11.5 Å². The number of ether oxygens (including phenoxy) is 1. The van der Waals surface area contributed by atoms with Crippen molar-refractivity contribution in [2.24, 2.45) is 0 Å². The van der Waals surface area contributed by atoms with Crippen molar-refractivity contribution in [3.05, 3.63) is 69.2 Å². The second kappa shape index (κ2) is 5.89. The van der Waals surface area contributed by atoms with Crippen LogP contribution in [0.25, 0.3) is 17.2 Å². The van der Waals surface area contributed by atoms with Gasteiger partial charge in [-0.05, 0) is 36.8 Å². The fourth-order valence-corrected chi connectivity index (χ4v) is 3.19. The van der Waals surface area contributed by atoms with Crippen LogP contribution in [0.3, 0.4) is 0 Å². The average molecular weight is 356 g/mol. The minimum Gasteiger partial charge on any atom is -0.462 e. The first-order valence-electron chi connectivity index (χ1n) is 7.83. The highest BCUT2D eigenvalue weighted by atomic mass is 35.5. The standard InChI is InChI=1S/C18H14ClN3O3/c1-2-25-18(24)13-9-20-16-14-4-3-7-21(14)10-11-5-6-12(19)8-15(11)22(16)17(13)23/h3-9H,2,10H2,1H3. The van der Waals surface area contributed by atoms with E-state index in [1.807, 2.05) is 29.0 Å². The van der Waals surface area contributed by atoms with Crippen molar-refractivity contribution < 1.29 is 9.53 Å². The van der Waals surface area contributed by atoms with Crippen LogP contribution >= 0.6 is 11.6 Å². The Morgan fingerprint density at radius 1 is 1.36 bits per heavy atom. The molecule has 3 heterocycles. The fraction of sp³-hybridized carbons (Fsp3) is 0.167. The lowest BCUT2D eigenvalue weighted by Gasteiger charge is -2.13. The van der Waals surface area contributed by atoms with Gasteiger partial charge in [-0.3, -0.25) is 9.36 Å². The molecule has 0 bridgehead atoms. The van der Waals surface area contributed by atoms with Crippen LogP contribution in [0, 0.1) is 0 Å². The predicted octanol–water partition coefficient (Wildman–Crippen LogP) is 2.89. The highest BCUT2D eigenvalue weighted by molar-refractivity contribution is 6.30. The van der Waals surface area contributed by atoms with Crippen LogP contribution < -0.4 is 5.56 Å². The molecule has 1 aliphatic rings. The lowest BCUT2D eigenvalue weighted by atomic mass is 10.1. The van der Waals surface area contributed by atoms with Crippen LogP contribution in [0.15, 0.2) is 47.5 Å². The van der Waals surface area contributed by atoms with Crippen molar-refractivity contribution in [2.75, 3.05) is 6.61 Å². The van der Waals surface area contributed by atoms with Crippen LogP contribution in [0.4, 0.5) is 0 Å². The molecule has 0 aliphatic carbocycles. The Labute approximate surface area is 148 Å². The summed E-state index contributed by atoms with van der Waals surface area (Å²) in [6.45, 7) is 2.45. The van der Waals surface area contributed by atoms with Gasteiger partial charge in [-0.15, -0.1) is 0 Å². The van der Waals surface area contributed by atoms with Gasteiger partial charge >= 0.3 is 5.97 Å². The van der Waals surface area contributed by atoms with E-state index in [2.05, 4.69) is 4.98 Å². The van der Waals surface area contributed by atoms with E-state index in [0.29, 0.717) is 23.1 Å². The number of nitrogens with zero attached hydrogens (tertiary/aromatic N) is 3. The summed E-state index contributed by atoms with van der Waals surface area (Å²) in [6, 6.07) is 9.15. The molecule has 7 heteroatoms. The third-order valence-corrected chi connectivity index (χ3v) is 4.38. The van der Waals surface area contributed by atoms with Crippen LogP contribution in [0.2, 0.25) is 5.02 Å². The number of fused-ring (bicyclic) bond motifs is 5. The molecule has 0 atom stereocenters. The largest absolute Gasteiger partial charge is 0.462 e. The predicted molar refractivity (Wildman–Crippen MR) is 93.3 cm³/mol. The van der Waals surface area contributed by atoms with Crippen molar-refractivity contribution >= 4 is 17.6 Å². The summed E-state index contributed by atoms with van der Waals surface area (Å²) >= 11 is 6.15. The number of hydrogen-bond acceptors (Lipinski definition) is 4. The van der Waals surface area contributed by atoms with E-state index in [4.69, 9.17) is 16.3 Å². The molecule has 0 N–H and O–H groups in total. The molecule has 0 fully saturated rings. The lowest BCUT2D eigenvalue weighted by Crippen LogP contribution is -2.28. The van der Waals surface area contributed by atoms with E-state index in [0.717, 1.165) is 11.3 Å². The Hall–Kier alpha value is -2.86. The van der Waals surface area contributed by atoms with Gasteiger partial charge in [-0.2, -0.15) is 0 Å². The van der Waals surface area contributed by atoms with Crippen LogP contribution in [0.5, 0.6) is 0 Å². The third-order valence-electron chi connectivity index (χ3n) is 4.14. The Bertz CT molecular complexity index is 1050. The average Bonchev–Trinajstić information content (AvgIpc) is 2.99. The van der Waals surface area contributed by atoms with E-state index in [-0.39, 0.29) is 12.2 Å². The number of benzene rings is 1. The van der Waals surface area contributed by atoms with Gasteiger partial charge in [0.1, 0.15) is 5.56 Å². The zero-order chi connectivity index (χ0) is 17.6. The number of carbonyl (C=O) groups is 1. The van der Waals surface area contributed by atoms with Gasteiger partial charge in [-0.1, -0.05) is 17.7 Å². The summed E-state index contributed by atoms with van der Waals surface area (Å²) in [5.41, 5.74) is 1.75. The quantitative estimate of drug-likeness (QED) is 0.518. The van der Waals surface area contributed by atoms with Gasteiger partial charge in [0.25, 0.3) is 5.56 Å². The lowest BCUT2D eigenvalue weighted by molar-refractivity contribution is 0.0523. The molecule has 0 saturated heterocycles. The number of esters is 1. The number of carbonyl (C=O) groups excluding carboxylic acids is 1. The van der Waals surface area contributed by atoms with E-state index in [1.165, 1.54) is 10.8 Å². The highest BCUT2D eigenvalue weighted by Gasteiger charge is 2.24. The highest BCUT2D eigenvalue weighted by Crippen LogP contribution is 2.29. The molecule has 0 radical (unpaired) electrons. The number of aromatic nitrogens is 3. The molecule has 0 spiro atoms. The summed E-state index contributed by atoms with van der Waals surface area (Å²) in [5.74, 6) is -0.220. The summed E-state index contributed by atoms with van der Waals surface area (Å²) < 4.78 is 8.41. The van der Waals surface area contributed by atoms with E-state index >= 15 is 0 Å². The zero-order valence-corrected chi connectivity index (χ0v) is 14.2. The maximum Gasteiger partial charge on any atom is 0.345 e. The Balaban J connectivity index is 2.07. The molecule has 6 nitrogen and oxygen atoms in total. The van der Waals surface area contributed by atoms with E-state index in [1.54, 1.807) is 19.1 Å². The second-order valence-electron chi connectivity index (χ2n) is 5.65. The molecule has 126 valence electrons. The van der Waals surface area contributed by atoms with Gasteiger partial charge in [0.2, 0.25) is 0 Å². The molecule has 2 aromatic heterocycles. The number of rotatable bonds is 2. The molecule has 1 aromatic carbocycles. The first-order chi connectivity index (χ1) is 12.1. The second-order valence-corrected chi connectivity index (χ2v) is 6.09. The Morgan fingerprint density at radius 3 is 3.00 bits per heavy atom. The molecular formula is C18H14ClN3O3. The molecule has 1 aliphatic heterocycles. The minimum absolute atomic E-state index is 0.100. The fourth-order valence-electron chi connectivity index (χ4n) is 3.03. The molecule has 4 rings (SSSR count). The van der Waals surface area contributed by atoms with Gasteiger partial charge in [0, 0.05) is 24.0 Å². The molecule has 0 unspecified atom stereocenters. The smallest absolute Gasteiger partial charge is 0.345 e. The van der Waals surface area contributed by atoms with Crippen LogP contribution in [0.1, 0.15) is 22.8 Å². The van der Waals surface area contributed by atoms with Crippen molar-refractivity contribution in [1.29, 1.82) is 0 Å². The summed E-state index contributed by atoms with van der Waals surface area (Å²) in [7, 11) is 0. The van der Waals surface area contributed by atoms with Gasteiger partial charge < -0.3 is 9.30 Å². The first-order valence-corrected chi connectivity index (χ1v) is 8.21. The van der Waals surface area contributed by atoms with Crippen molar-refractivity contribution in [2.45, 2.75) is 13.5 Å². The first kappa shape index (κ1) is 15.7. The van der Waals surface area contributed by atoms with Crippen molar-refractivity contribution in [1.82, 2.24) is 14.1 Å². The molecular weight excluding hydrogens is 342 g/mol. The Kier molecular flexibility index (Phi) is 3.69. The summed E-state index contributed by atoms with van der Waals surface area (Å²) in [4.78, 5) is 29.5. The van der Waals surface area contributed by atoms with Gasteiger partial charge in [0.15, 0.2) is 5.82 Å². The molecule has 25 heavy (non-hydrogen) atoms. The monoisotopic (exact) mass is 355 g/mol. The summed E-state index contributed by atoms with van der Waals surface area (Å²) in [6.07, 6.45) is 3.20. The normalized spacial score (nSPS) is 11.9. The van der Waals surface area contributed by atoms with Gasteiger partial charge in [0.05, 0.1) is 18.0 Å². The topological polar surface area (TPSA) is 66.1 Å². The summed E-state index contributed by atoms with van der Waals surface area (Å²) in [5, 5.41) is 0.504. The molecule has 3 aromatic rings. The minimum atomic E-state index is -0.682. The number of hydrogen-bond donors (Lipinski definition) is 0. The molecule has 0 saturated carbocycles. The van der Waals surface area contributed by atoms with Crippen LogP contribution in [-0.4, -0.2) is 26.7 Å². The zero-order valence-electron chi connectivity index (χ0n) is 13.4. The Morgan fingerprint density at radius 2 is 2.20 bits per heavy atom. The SMILES string of the molecule is CCOC(=O)c1cnc2n(c1=O)-c1cc(Cl)ccc1Cn1cccc1-2. The van der Waals surface area contributed by atoms with Crippen molar-refractivity contribution in [3.63, 3.8) is 0 Å². The number of halogens is 1. The maximum absolute atomic E-state index is 13.1. The van der Waals surface area contributed by atoms with Gasteiger partial charge in [-0.25, -0.2) is 9.78 Å². The van der Waals surface area contributed by atoms with Crippen LogP contribution in [-0.2, 0) is 11.3 Å². The van der Waals surface area contributed by atoms with E-state index in [9.17, 15) is 9.59 Å².